The lowest BCUT2D eigenvalue weighted by Gasteiger charge is -2.08. The van der Waals surface area contributed by atoms with Gasteiger partial charge in [-0.05, 0) is 42.2 Å². The van der Waals surface area contributed by atoms with Gasteiger partial charge in [-0.15, -0.1) is 0 Å². The zero-order valence-electron chi connectivity index (χ0n) is 9.67. The van der Waals surface area contributed by atoms with Crippen LogP contribution in [0.3, 0.4) is 0 Å². The molecule has 0 spiro atoms. The molecule has 0 atom stereocenters. The third kappa shape index (κ3) is 2.44. The number of pyridine rings is 2. The van der Waals surface area contributed by atoms with Crippen LogP contribution in [0.2, 0.25) is 5.15 Å². The first-order chi connectivity index (χ1) is 8.09. The van der Waals surface area contributed by atoms with E-state index in [-0.39, 0.29) is 5.15 Å². The summed E-state index contributed by atoms with van der Waals surface area (Å²) in [6, 6.07) is 1.64. The molecule has 0 amide bonds. The third-order valence-electron chi connectivity index (χ3n) is 2.88. The van der Waals surface area contributed by atoms with Gasteiger partial charge in [-0.3, -0.25) is 4.98 Å². The molecule has 0 aliphatic heterocycles. The quantitative estimate of drug-likeness (QED) is 0.763. The normalized spacial score (nSPS) is 10.6. The molecule has 2 heterocycles. The first kappa shape index (κ1) is 12.0. The van der Waals surface area contributed by atoms with Gasteiger partial charge in [0.1, 0.15) is 0 Å². The van der Waals surface area contributed by atoms with Crippen molar-refractivity contribution in [2.24, 2.45) is 0 Å². The summed E-state index contributed by atoms with van der Waals surface area (Å²) in [6.45, 7) is 3.99. The second-order valence-corrected chi connectivity index (χ2v) is 4.35. The molecule has 0 saturated carbocycles. The van der Waals surface area contributed by atoms with Crippen LogP contribution in [0.15, 0.2) is 24.7 Å². The van der Waals surface area contributed by atoms with Gasteiger partial charge in [0.25, 0.3) is 0 Å². The number of hydrogen-bond acceptors (Lipinski definition) is 2. The van der Waals surface area contributed by atoms with Crippen LogP contribution in [-0.2, 0) is 6.42 Å². The Balaban J connectivity index is 2.38. The second kappa shape index (κ2) is 4.80. The maximum atomic E-state index is 13.7. The molecular formula is C13H12ClFN2. The Morgan fingerprint density at radius 3 is 2.76 bits per heavy atom. The predicted molar refractivity (Wildman–Crippen MR) is 65.7 cm³/mol. The maximum Gasteiger partial charge on any atom is 0.165 e. The van der Waals surface area contributed by atoms with Gasteiger partial charge >= 0.3 is 0 Å². The zero-order chi connectivity index (χ0) is 12.4. The van der Waals surface area contributed by atoms with E-state index in [0.717, 1.165) is 16.7 Å². The van der Waals surface area contributed by atoms with Crippen molar-refractivity contribution in [2.45, 2.75) is 20.3 Å². The van der Waals surface area contributed by atoms with E-state index >= 15 is 0 Å². The zero-order valence-corrected chi connectivity index (χ0v) is 10.4. The van der Waals surface area contributed by atoms with Gasteiger partial charge < -0.3 is 0 Å². The van der Waals surface area contributed by atoms with E-state index in [1.165, 1.54) is 6.20 Å². The van der Waals surface area contributed by atoms with Crippen LogP contribution in [0.1, 0.15) is 22.3 Å². The molecule has 0 unspecified atom stereocenters. The van der Waals surface area contributed by atoms with Crippen LogP contribution in [0.5, 0.6) is 0 Å². The topological polar surface area (TPSA) is 25.8 Å². The third-order valence-corrected chi connectivity index (χ3v) is 3.14. The summed E-state index contributed by atoms with van der Waals surface area (Å²) in [5.74, 6) is -0.449. The number of rotatable bonds is 2. The summed E-state index contributed by atoms with van der Waals surface area (Å²) in [4.78, 5) is 7.82. The van der Waals surface area contributed by atoms with Crippen molar-refractivity contribution in [1.82, 2.24) is 9.97 Å². The van der Waals surface area contributed by atoms with Crippen LogP contribution in [-0.4, -0.2) is 9.97 Å². The van der Waals surface area contributed by atoms with Crippen LogP contribution in [0, 0.1) is 19.7 Å². The number of aromatic nitrogens is 2. The Morgan fingerprint density at radius 2 is 2.00 bits per heavy atom. The molecular weight excluding hydrogens is 239 g/mol. The Morgan fingerprint density at radius 1 is 1.24 bits per heavy atom. The van der Waals surface area contributed by atoms with E-state index in [2.05, 4.69) is 9.97 Å². The van der Waals surface area contributed by atoms with Crippen molar-refractivity contribution in [3.63, 3.8) is 0 Å². The molecule has 0 fully saturated rings. The van der Waals surface area contributed by atoms with Gasteiger partial charge in [0.15, 0.2) is 11.0 Å². The smallest absolute Gasteiger partial charge is 0.165 e. The molecule has 0 aliphatic rings. The minimum atomic E-state index is -0.449. The van der Waals surface area contributed by atoms with Gasteiger partial charge in [-0.25, -0.2) is 9.37 Å². The Labute approximate surface area is 104 Å². The molecule has 88 valence electrons. The van der Waals surface area contributed by atoms with E-state index in [9.17, 15) is 4.39 Å². The molecule has 0 N–H and O–H groups in total. The van der Waals surface area contributed by atoms with Crippen molar-refractivity contribution in [2.75, 3.05) is 0 Å². The van der Waals surface area contributed by atoms with Gasteiger partial charge in [0.2, 0.25) is 0 Å². The lowest BCUT2D eigenvalue weighted by molar-refractivity contribution is 0.607. The van der Waals surface area contributed by atoms with Crippen molar-refractivity contribution in [3.8, 4) is 0 Å². The summed E-state index contributed by atoms with van der Waals surface area (Å²) in [5.41, 5.74) is 3.78. The van der Waals surface area contributed by atoms with Crippen molar-refractivity contribution >= 4 is 11.6 Å². The fraction of sp³-hybridized carbons (Fsp3) is 0.231. The molecule has 2 rings (SSSR count). The van der Waals surface area contributed by atoms with Gasteiger partial charge in [0.05, 0.1) is 0 Å². The summed E-state index contributed by atoms with van der Waals surface area (Å²) in [7, 11) is 0. The van der Waals surface area contributed by atoms with E-state index < -0.39 is 5.82 Å². The minimum Gasteiger partial charge on any atom is -0.264 e. The highest BCUT2D eigenvalue weighted by atomic mass is 35.5. The molecule has 0 radical (unpaired) electrons. The minimum absolute atomic E-state index is 0.0826. The molecule has 0 bridgehead atoms. The second-order valence-electron chi connectivity index (χ2n) is 3.99. The summed E-state index contributed by atoms with van der Waals surface area (Å²) < 4.78 is 13.7. The monoisotopic (exact) mass is 250 g/mol. The Kier molecular flexibility index (Phi) is 3.38. The van der Waals surface area contributed by atoms with Crippen molar-refractivity contribution < 1.29 is 4.39 Å². The fourth-order valence-electron chi connectivity index (χ4n) is 1.66. The number of nitrogens with zero attached hydrogens (tertiary/aromatic N) is 2. The first-order valence-electron chi connectivity index (χ1n) is 5.28. The first-order valence-corrected chi connectivity index (χ1v) is 5.66. The van der Waals surface area contributed by atoms with Gasteiger partial charge in [-0.2, -0.15) is 0 Å². The lowest BCUT2D eigenvalue weighted by Crippen LogP contribution is -1.99. The molecule has 2 aromatic heterocycles. The molecule has 2 nitrogen and oxygen atoms in total. The highest BCUT2D eigenvalue weighted by Crippen LogP contribution is 2.20. The molecule has 17 heavy (non-hydrogen) atoms. The van der Waals surface area contributed by atoms with Crippen LogP contribution in [0.4, 0.5) is 4.39 Å². The number of hydrogen-bond donors (Lipinski definition) is 0. The van der Waals surface area contributed by atoms with E-state index in [4.69, 9.17) is 11.6 Å². The highest BCUT2D eigenvalue weighted by Gasteiger charge is 2.10. The molecule has 0 saturated heterocycles. The molecule has 0 aliphatic carbocycles. The van der Waals surface area contributed by atoms with Crippen LogP contribution >= 0.6 is 11.6 Å². The number of aryl methyl sites for hydroxylation is 1. The van der Waals surface area contributed by atoms with Gasteiger partial charge in [0, 0.05) is 25.0 Å². The average molecular weight is 251 g/mol. The largest absolute Gasteiger partial charge is 0.264 e. The van der Waals surface area contributed by atoms with Crippen LogP contribution < -0.4 is 0 Å². The lowest BCUT2D eigenvalue weighted by atomic mass is 10.0. The fourth-order valence-corrected chi connectivity index (χ4v) is 1.84. The van der Waals surface area contributed by atoms with E-state index in [1.807, 2.05) is 13.8 Å². The van der Waals surface area contributed by atoms with Crippen LogP contribution in [0.25, 0.3) is 0 Å². The number of halogens is 2. The molecule has 2 aromatic rings. The molecule has 0 aromatic carbocycles. The van der Waals surface area contributed by atoms with E-state index in [0.29, 0.717) is 12.0 Å². The summed E-state index contributed by atoms with van der Waals surface area (Å²) >= 11 is 5.65. The van der Waals surface area contributed by atoms with Crippen molar-refractivity contribution in [3.05, 3.63) is 57.9 Å². The standard InChI is InChI=1S/C13H12ClFN2/c1-8-6-16-7-11(9(8)2)5-10-3-4-17-13(14)12(10)15/h3-4,6-7H,5H2,1-2H3. The molecule has 4 heteroatoms. The predicted octanol–water partition coefficient (Wildman–Crippen LogP) is 3.48. The maximum absolute atomic E-state index is 13.7. The van der Waals surface area contributed by atoms with E-state index in [1.54, 1.807) is 18.5 Å². The SMILES string of the molecule is Cc1cncc(Cc2ccnc(Cl)c2F)c1C. The average Bonchev–Trinajstić information content (AvgIpc) is 2.31. The Bertz CT molecular complexity index is 506. The summed E-state index contributed by atoms with van der Waals surface area (Å²) in [5, 5.41) is -0.0826. The highest BCUT2D eigenvalue weighted by molar-refractivity contribution is 6.29. The van der Waals surface area contributed by atoms with Gasteiger partial charge in [-0.1, -0.05) is 11.6 Å². The summed E-state index contributed by atoms with van der Waals surface area (Å²) in [6.07, 6.45) is 5.55. The Hall–Kier alpha value is -1.48. The van der Waals surface area contributed by atoms with Crippen molar-refractivity contribution in [1.29, 1.82) is 0 Å².